The van der Waals surface area contributed by atoms with Crippen molar-refractivity contribution in [3.63, 3.8) is 0 Å². The highest BCUT2D eigenvalue weighted by Crippen LogP contribution is 2.36. The molecule has 0 radical (unpaired) electrons. The number of rotatable bonds is 7. The standard InChI is InChI=1S/C19H19NO5S2/c1-2-25-17(21)10-9-13-12-16(14-6-3-4-7-15(14)19(13)22)20-27(23,24)18-8-5-11-26-18/h3-8,11-12,20,22H,2,9-10H2,1H3. The summed E-state index contributed by atoms with van der Waals surface area (Å²) in [5.41, 5.74) is 0.835. The second-order valence-corrected chi connectivity index (χ2v) is 8.68. The number of aromatic hydroxyl groups is 1. The SMILES string of the molecule is CCOC(=O)CCc1cc(NS(=O)(=O)c2cccs2)c2ccccc2c1O. The third kappa shape index (κ3) is 4.23. The molecule has 0 saturated carbocycles. The number of thiophene rings is 1. The Morgan fingerprint density at radius 3 is 2.59 bits per heavy atom. The minimum absolute atomic E-state index is 0.0361. The molecule has 0 unspecified atom stereocenters. The number of phenolic OH excluding ortho intramolecular Hbond substituents is 1. The average molecular weight is 405 g/mol. The fourth-order valence-corrected chi connectivity index (χ4v) is 4.84. The van der Waals surface area contributed by atoms with Crippen LogP contribution in [0.2, 0.25) is 0 Å². The van der Waals surface area contributed by atoms with Gasteiger partial charge in [-0.05, 0) is 36.4 Å². The molecule has 27 heavy (non-hydrogen) atoms. The zero-order chi connectivity index (χ0) is 19.4. The van der Waals surface area contributed by atoms with Gasteiger partial charge in [-0.15, -0.1) is 11.3 Å². The summed E-state index contributed by atoms with van der Waals surface area (Å²) in [5.74, 6) is -0.334. The van der Waals surface area contributed by atoms with Crippen molar-refractivity contribution < 1.29 is 23.1 Å². The van der Waals surface area contributed by atoms with Crippen molar-refractivity contribution in [3.8, 4) is 5.75 Å². The number of carbonyl (C=O) groups excluding carboxylic acids is 1. The van der Waals surface area contributed by atoms with Crippen LogP contribution < -0.4 is 4.72 Å². The summed E-state index contributed by atoms with van der Waals surface area (Å²) in [6, 6.07) is 11.7. The first-order chi connectivity index (χ1) is 12.9. The highest BCUT2D eigenvalue weighted by molar-refractivity contribution is 7.94. The first-order valence-electron chi connectivity index (χ1n) is 8.38. The Labute approximate surface area is 161 Å². The van der Waals surface area contributed by atoms with Crippen molar-refractivity contribution in [2.75, 3.05) is 11.3 Å². The van der Waals surface area contributed by atoms with E-state index in [-0.39, 0.29) is 35.4 Å². The molecular formula is C19H19NO5S2. The number of phenols is 1. The summed E-state index contributed by atoms with van der Waals surface area (Å²) in [6.07, 6.45) is 0.333. The number of ether oxygens (including phenoxy) is 1. The fraction of sp³-hybridized carbons (Fsp3) is 0.211. The lowest BCUT2D eigenvalue weighted by molar-refractivity contribution is -0.143. The molecule has 3 aromatic rings. The number of fused-ring (bicyclic) bond motifs is 1. The third-order valence-corrected chi connectivity index (χ3v) is 6.77. The Kier molecular flexibility index (Phi) is 5.67. The van der Waals surface area contributed by atoms with Gasteiger partial charge in [0.25, 0.3) is 10.0 Å². The van der Waals surface area contributed by atoms with E-state index in [0.29, 0.717) is 22.0 Å². The Hall–Kier alpha value is -2.58. The van der Waals surface area contributed by atoms with Gasteiger partial charge in [0, 0.05) is 17.2 Å². The first-order valence-corrected chi connectivity index (χ1v) is 10.7. The van der Waals surface area contributed by atoms with Gasteiger partial charge in [0.05, 0.1) is 12.3 Å². The number of anilines is 1. The van der Waals surface area contributed by atoms with Gasteiger partial charge in [0.1, 0.15) is 9.96 Å². The maximum absolute atomic E-state index is 12.6. The van der Waals surface area contributed by atoms with Crippen LogP contribution in [0.15, 0.2) is 52.1 Å². The van der Waals surface area contributed by atoms with Crippen molar-refractivity contribution in [1.82, 2.24) is 0 Å². The average Bonchev–Trinajstić information content (AvgIpc) is 3.19. The molecule has 1 aromatic heterocycles. The summed E-state index contributed by atoms with van der Waals surface area (Å²) < 4.78 is 33.0. The van der Waals surface area contributed by atoms with Crippen LogP contribution in [-0.2, 0) is 26.0 Å². The Balaban J connectivity index is 2.01. The Morgan fingerprint density at radius 1 is 1.19 bits per heavy atom. The lowest BCUT2D eigenvalue weighted by atomic mass is 10.0. The normalized spacial score (nSPS) is 11.4. The lowest BCUT2D eigenvalue weighted by Gasteiger charge is -2.14. The van der Waals surface area contributed by atoms with Gasteiger partial charge in [-0.1, -0.05) is 30.3 Å². The summed E-state index contributed by atoms with van der Waals surface area (Å²) in [5, 5.41) is 13.4. The Bertz CT molecular complexity index is 1060. The van der Waals surface area contributed by atoms with E-state index in [1.165, 1.54) is 6.07 Å². The van der Waals surface area contributed by atoms with Crippen LogP contribution >= 0.6 is 11.3 Å². The molecule has 0 atom stereocenters. The number of benzene rings is 2. The van der Waals surface area contributed by atoms with Gasteiger partial charge in [-0.3, -0.25) is 9.52 Å². The van der Waals surface area contributed by atoms with E-state index in [1.807, 2.05) is 0 Å². The predicted molar refractivity (Wildman–Crippen MR) is 106 cm³/mol. The molecule has 0 amide bonds. The fourth-order valence-electron chi connectivity index (χ4n) is 2.77. The molecule has 0 aliphatic carbocycles. The van der Waals surface area contributed by atoms with Crippen LogP contribution in [0.25, 0.3) is 10.8 Å². The maximum Gasteiger partial charge on any atom is 0.306 e. The number of carbonyl (C=O) groups is 1. The third-order valence-electron chi connectivity index (χ3n) is 4.00. The topological polar surface area (TPSA) is 92.7 Å². The van der Waals surface area contributed by atoms with E-state index < -0.39 is 10.0 Å². The van der Waals surface area contributed by atoms with E-state index >= 15 is 0 Å². The number of hydrogen-bond donors (Lipinski definition) is 2. The van der Waals surface area contributed by atoms with Gasteiger partial charge >= 0.3 is 5.97 Å². The molecule has 3 rings (SSSR count). The molecule has 8 heteroatoms. The van der Waals surface area contributed by atoms with Crippen LogP contribution in [0.3, 0.4) is 0 Å². The smallest absolute Gasteiger partial charge is 0.306 e. The molecule has 142 valence electrons. The zero-order valence-electron chi connectivity index (χ0n) is 14.6. The van der Waals surface area contributed by atoms with Crippen LogP contribution in [-0.4, -0.2) is 26.1 Å². The van der Waals surface area contributed by atoms with Crippen LogP contribution in [0.1, 0.15) is 18.9 Å². The van der Waals surface area contributed by atoms with Gasteiger partial charge in [-0.2, -0.15) is 0 Å². The van der Waals surface area contributed by atoms with Crippen molar-refractivity contribution in [1.29, 1.82) is 0 Å². The highest BCUT2D eigenvalue weighted by Gasteiger charge is 2.19. The molecule has 0 aliphatic rings. The minimum Gasteiger partial charge on any atom is -0.507 e. The van der Waals surface area contributed by atoms with Gasteiger partial charge in [0.2, 0.25) is 0 Å². The second-order valence-electron chi connectivity index (χ2n) is 5.82. The van der Waals surface area contributed by atoms with Crippen LogP contribution in [0, 0.1) is 0 Å². The van der Waals surface area contributed by atoms with Crippen molar-refractivity contribution in [3.05, 3.63) is 53.4 Å². The van der Waals surface area contributed by atoms with Crippen LogP contribution in [0.5, 0.6) is 5.75 Å². The monoisotopic (exact) mass is 405 g/mol. The van der Waals surface area contributed by atoms with E-state index in [9.17, 15) is 18.3 Å². The van der Waals surface area contributed by atoms with Crippen molar-refractivity contribution in [2.24, 2.45) is 0 Å². The lowest BCUT2D eigenvalue weighted by Crippen LogP contribution is -2.12. The van der Waals surface area contributed by atoms with Crippen LogP contribution in [0.4, 0.5) is 5.69 Å². The molecule has 0 saturated heterocycles. The molecule has 6 nitrogen and oxygen atoms in total. The van der Waals surface area contributed by atoms with E-state index in [1.54, 1.807) is 48.7 Å². The molecule has 0 bridgehead atoms. The second kappa shape index (κ2) is 7.98. The number of hydrogen-bond acceptors (Lipinski definition) is 6. The number of aryl methyl sites for hydroxylation is 1. The molecule has 1 heterocycles. The summed E-state index contributed by atoms with van der Waals surface area (Å²) in [4.78, 5) is 11.6. The molecule has 0 spiro atoms. The molecule has 2 N–H and O–H groups in total. The Morgan fingerprint density at radius 2 is 1.93 bits per heavy atom. The predicted octanol–water partition coefficient (Wildman–Crippen LogP) is 3.90. The van der Waals surface area contributed by atoms with Gasteiger partial charge in [-0.25, -0.2) is 8.42 Å². The molecule has 0 aliphatic heterocycles. The minimum atomic E-state index is -3.74. The molecular weight excluding hydrogens is 386 g/mol. The van der Waals surface area contributed by atoms with Crippen molar-refractivity contribution >= 4 is 43.8 Å². The highest BCUT2D eigenvalue weighted by atomic mass is 32.2. The number of sulfonamides is 1. The molecule has 2 aromatic carbocycles. The van der Waals surface area contributed by atoms with E-state index in [0.717, 1.165) is 11.3 Å². The quantitative estimate of drug-likeness (QED) is 0.459. The molecule has 0 fully saturated rings. The van der Waals surface area contributed by atoms with E-state index in [2.05, 4.69) is 4.72 Å². The number of esters is 1. The van der Waals surface area contributed by atoms with Crippen molar-refractivity contribution in [2.45, 2.75) is 24.0 Å². The maximum atomic E-state index is 12.6. The van der Waals surface area contributed by atoms with Gasteiger partial charge < -0.3 is 9.84 Å². The summed E-state index contributed by atoms with van der Waals surface area (Å²) >= 11 is 1.12. The largest absolute Gasteiger partial charge is 0.507 e. The summed E-state index contributed by atoms with van der Waals surface area (Å²) in [7, 11) is -3.74. The van der Waals surface area contributed by atoms with Gasteiger partial charge in [0.15, 0.2) is 0 Å². The summed E-state index contributed by atoms with van der Waals surface area (Å²) in [6.45, 7) is 2.01. The zero-order valence-corrected chi connectivity index (χ0v) is 16.3. The number of nitrogens with one attached hydrogen (secondary N) is 1. The van der Waals surface area contributed by atoms with E-state index in [4.69, 9.17) is 4.74 Å². The first kappa shape index (κ1) is 19.2.